The largest absolute Gasteiger partial charge is 0.311 e. The van der Waals surface area contributed by atoms with E-state index in [1.807, 2.05) is 0 Å². The minimum atomic E-state index is 0.509. The molecule has 1 aliphatic heterocycles. The second kappa shape index (κ2) is 4.98. The van der Waals surface area contributed by atoms with Crippen LogP contribution in [0.25, 0.3) is 0 Å². The molecular formula is C14H22N2. The number of piperazine rings is 1. The molecule has 1 N–H and O–H groups in total. The molecule has 16 heavy (non-hydrogen) atoms. The molecule has 1 heterocycles. The van der Waals surface area contributed by atoms with Crippen molar-refractivity contribution in [3.63, 3.8) is 0 Å². The minimum Gasteiger partial charge on any atom is -0.311 e. The summed E-state index contributed by atoms with van der Waals surface area (Å²) in [4.78, 5) is 2.47. The van der Waals surface area contributed by atoms with E-state index in [4.69, 9.17) is 0 Å². The van der Waals surface area contributed by atoms with Crippen molar-refractivity contribution in [3.8, 4) is 0 Å². The average molecular weight is 218 g/mol. The van der Waals surface area contributed by atoms with Crippen LogP contribution < -0.4 is 5.32 Å². The lowest BCUT2D eigenvalue weighted by atomic mass is 9.88. The summed E-state index contributed by atoms with van der Waals surface area (Å²) in [6.45, 7) is 6.82. The van der Waals surface area contributed by atoms with Crippen molar-refractivity contribution >= 4 is 0 Å². The minimum absolute atomic E-state index is 0.509. The second-order valence-corrected chi connectivity index (χ2v) is 5.06. The van der Waals surface area contributed by atoms with Gasteiger partial charge in [-0.2, -0.15) is 0 Å². The van der Waals surface area contributed by atoms with Gasteiger partial charge in [0.25, 0.3) is 0 Å². The zero-order valence-electron chi connectivity index (χ0n) is 10.5. The highest BCUT2D eigenvalue weighted by Gasteiger charge is 2.31. The fourth-order valence-electron chi connectivity index (χ4n) is 2.64. The zero-order valence-corrected chi connectivity index (χ0v) is 10.5. The van der Waals surface area contributed by atoms with Gasteiger partial charge in [0.1, 0.15) is 0 Å². The van der Waals surface area contributed by atoms with Gasteiger partial charge < -0.3 is 5.32 Å². The molecule has 0 spiro atoms. The lowest BCUT2D eigenvalue weighted by Crippen LogP contribution is -2.53. The Hall–Kier alpha value is -0.860. The molecule has 1 saturated heterocycles. The molecule has 1 fully saturated rings. The monoisotopic (exact) mass is 218 g/mol. The summed E-state index contributed by atoms with van der Waals surface area (Å²) in [5, 5.41) is 3.66. The van der Waals surface area contributed by atoms with Crippen LogP contribution >= 0.6 is 0 Å². The summed E-state index contributed by atoms with van der Waals surface area (Å²) in [5.41, 5.74) is 1.43. The highest BCUT2D eigenvalue weighted by molar-refractivity contribution is 5.21. The average Bonchev–Trinajstić information content (AvgIpc) is 2.29. The van der Waals surface area contributed by atoms with E-state index in [0.717, 1.165) is 13.1 Å². The fourth-order valence-corrected chi connectivity index (χ4v) is 2.64. The van der Waals surface area contributed by atoms with Crippen LogP contribution in [-0.4, -0.2) is 31.1 Å². The second-order valence-electron chi connectivity index (χ2n) is 5.06. The molecule has 1 aromatic carbocycles. The van der Waals surface area contributed by atoms with Crippen molar-refractivity contribution in [3.05, 3.63) is 35.9 Å². The topological polar surface area (TPSA) is 15.3 Å². The van der Waals surface area contributed by atoms with Crippen molar-refractivity contribution in [1.82, 2.24) is 10.2 Å². The van der Waals surface area contributed by atoms with Crippen LogP contribution in [0, 0.1) is 5.92 Å². The smallest absolute Gasteiger partial charge is 0.0501 e. The summed E-state index contributed by atoms with van der Waals surface area (Å²) in [5.74, 6) is 0.660. The Labute approximate surface area is 98.7 Å². The molecule has 2 unspecified atom stereocenters. The Morgan fingerprint density at radius 1 is 1.25 bits per heavy atom. The van der Waals surface area contributed by atoms with Gasteiger partial charge in [0, 0.05) is 19.1 Å². The molecule has 88 valence electrons. The first-order valence-electron chi connectivity index (χ1n) is 6.18. The number of nitrogens with one attached hydrogen (secondary N) is 1. The first-order valence-corrected chi connectivity index (χ1v) is 6.18. The van der Waals surface area contributed by atoms with Gasteiger partial charge >= 0.3 is 0 Å². The predicted molar refractivity (Wildman–Crippen MR) is 68.4 cm³/mol. The Bertz CT molecular complexity index is 321. The van der Waals surface area contributed by atoms with Crippen LogP contribution in [0.5, 0.6) is 0 Å². The summed E-state index contributed by atoms with van der Waals surface area (Å²) in [6, 6.07) is 11.9. The number of hydrogen-bond donors (Lipinski definition) is 1. The summed E-state index contributed by atoms with van der Waals surface area (Å²) in [6.07, 6.45) is 0. The van der Waals surface area contributed by atoms with Crippen LogP contribution in [0.1, 0.15) is 25.5 Å². The van der Waals surface area contributed by atoms with E-state index >= 15 is 0 Å². The van der Waals surface area contributed by atoms with Gasteiger partial charge in [-0.3, -0.25) is 4.90 Å². The van der Waals surface area contributed by atoms with Crippen molar-refractivity contribution in [2.75, 3.05) is 20.1 Å². The molecule has 0 radical (unpaired) electrons. The molecule has 2 heteroatoms. The first kappa shape index (κ1) is 11.6. The van der Waals surface area contributed by atoms with E-state index in [2.05, 4.69) is 61.4 Å². The SMILES string of the molecule is CC(C)C1NCCN(C)C1c1ccccc1. The fraction of sp³-hybridized carbons (Fsp3) is 0.571. The van der Waals surface area contributed by atoms with Crippen molar-refractivity contribution < 1.29 is 0 Å². The molecule has 2 rings (SSSR count). The molecule has 2 atom stereocenters. The zero-order chi connectivity index (χ0) is 11.5. The molecule has 0 amide bonds. The van der Waals surface area contributed by atoms with Crippen molar-refractivity contribution in [2.24, 2.45) is 5.92 Å². The van der Waals surface area contributed by atoms with Crippen molar-refractivity contribution in [1.29, 1.82) is 0 Å². The van der Waals surface area contributed by atoms with Gasteiger partial charge in [-0.1, -0.05) is 44.2 Å². The molecule has 0 aliphatic carbocycles. The van der Waals surface area contributed by atoms with E-state index in [0.29, 0.717) is 18.0 Å². The highest BCUT2D eigenvalue weighted by Crippen LogP contribution is 2.29. The van der Waals surface area contributed by atoms with Gasteiger partial charge in [0.05, 0.1) is 6.04 Å². The van der Waals surface area contributed by atoms with Gasteiger partial charge in [0.2, 0.25) is 0 Å². The lowest BCUT2D eigenvalue weighted by molar-refractivity contribution is 0.125. The third kappa shape index (κ3) is 2.28. The summed E-state index contributed by atoms with van der Waals surface area (Å²) < 4.78 is 0. The molecular weight excluding hydrogens is 196 g/mol. The van der Waals surface area contributed by atoms with Crippen LogP contribution in [0.3, 0.4) is 0 Å². The third-order valence-electron chi connectivity index (χ3n) is 3.52. The quantitative estimate of drug-likeness (QED) is 0.819. The Morgan fingerprint density at radius 3 is 2.56 bits per heavy atom. The normalized spacial score (nSPS) is 27.2. The van der Waals surface area contributed by atoms with Crippen LogP contribution in [-0.2, 0) is 0 Å². The van der Waals surface area contributed by atoms with Gasteiger partial charge in [0.15, 0.2) is 0 Å². The van der Waals surface area contributed by atoms with Gasteiger partial charge in [-0.15, -0.1) is 0 Å². The molecule has 0 aromatic heterocycles. The third-order valence-corrected chi connectivity index (χ3v) is 3.52. The molecule has 1 aliphatic rings. The maximum Gasteiger partial charge on any atom is 0.0501 e. The first-order chi connectivity index (χ1) is 7.70. The van der Waals surface area contributed by atoms with E-state index in [9.17, 15) is 0 Å². The van der Waals surface area contributed by atoms with E-state index < -0.39 is 0 Å². The van der Waals surface area contributed by atoms with E-state index in [-0.39, 0.29) is 0 Å². The number of benzene rings is 1. The molecule has 1 aromatic rings. The Kier molecular flexibility index (Phi) is 3.62. The Balaban J connectivity index is 2.26. The van der Waals surface area contributed by atoms with E-state index in [1.54, 1.807) is 0 Å². The molecule has 0 saturated carbocycles. The summed E-state index contributed by atoms with van der Waals surface area (Å²) in [7, 11) is 2.23. The predicted octanol–water partition coefficient (Wildman–Crippen LogP) is 2.29. The Morgan fingerprint density at radius 2 is 1.94 bits per heavy atom. The number of likely N-dealkylation sites (N-methyl/N-ethyl adjacent to an activating group) is 1. The maximum absolute atomic E-state index is 3.66. The van der Waals surface area contributed by atoms with Gasteiger partial charge in [-0.05, 0) is 18.5 Å². The lowest BCUT2D eigenvalue weighted by Gasteiger charge is -2.42. The van der Waals surface area contributed by atoms with Gasteiger partial charge in [-0.25, -0.2) is 0 Å². The number of hydrogen-bond acceptors (Lipinski definition) is 2. The van der Waals surface area contributed by atoms with Crippen LogP contribution in [0.2, 0.25) is 0 Å². The van der Waals surface area contributed by atoms with E-state index in [1.165, 1.54) is 5.56 Å². The standard InChI is InChI=1S/C14H22N2/c1-11(2)13-14(16(3)10-9-15-13)12-7-5-4-6-8-12/h4-8,11,13-15H,9-10H2,1-3H3. The van der Waals surface area contributed by atoms with Crippen LogP contribution in [0.4, 0.5) is 0 Å². The number of nitrogens with zero attached hydrogens (tertiary/aromatic N) is 1. The van der Waals surface area contributed by atoms with Crippen LogP contribution in [0.15, 0.2) is 30.3 Å². The van der Waals surface area contributed by atoms with Crippen molar-refractivity contribution in [2.45, 2.75) is 25.9 Å². The molecule has 2 nitrogen and oxygen atoms in total. The highest BCUT2D eigenvalue weighted by atomic mass is 15.2. The summed E-state index contributed by atoms with van der Waals surface area (Å²) >= 11 is 0. The maximum atomic E-state index is 3.66. The number of rotatable bonds is 2. The molecule has 0 bridgehead atoms.